The summed E-state index contributed by atoms with van der Waals surface area (Å²) >= 11 is 0. The number of nitrogens with one attached hydrogen (secondary N) is 1. The molecule has 1 amide bonds. The van der Waals surface area contributed by atoms with E-state index in [9.17, 15) is 4.79 Å². The fourth-order valence-electron chi connectivity index (χ4n) is 2.34. The zero-order chi connectivity index (χ0) is 17.1. The van der Waals surface area contributed by atoms with Crippen LogP contribution >= 0.6 is 0 Å². The molecule has 0 aliphatic heterocycles. The molecule has 8 nitrogen and oxygen atoms in total. The van der Waals surface area contributed by atoms with Crippen LogP contribution in [0, 0.1) is 6.92 Å². The largest absolute Gasteiger partial charge is 0.361 e. The van der Waals surface area contributed by atoms with Gasteiger partial charge in [0.15, 0.2) is 5.69 Å². The van der Waals surface area contributed by atoms with Gasteiger partial charge in [0, 0.05) is 24.2 Å². The number of hydrogen-bond donors (Lipinski definition) is 1. The van der Waals surface area contributed by atoms with Gasteiger partial charge in [0.05, 0.1) is 0 Å². The number of carbonyl (C=O) groups is 1. The van der Waals surface area contributed by atoms with Crippen LogP contribution in [0.15, 0.2) is 34.9 Å². The van der Waals surface area contributed by atoms with Crippen molar-refractivity contribution >= 4 is 5.91 Å². The molecular weight excluding hydrogens is 308 g/mol. The van der Waals surface area contributed by atoms with E-state index in [0.717, 1.165) is 11.1 Å². The molecule has 3 aromatic rings. The summed E-state index contributed by atoms with van der Waals surface area (Å²) in [6.07, 6.45) is 0. The normalized spacial score (nSPS) is 11.0. The van der Waals surface area contributed by atoms with E-state index in [4.69, 9.17) is 4.52 Å². The molecule has 0 bridgehead atoms. The molecule has 0 unspecified atom stereocenters. The standard InChI is InChI=1S/C16H18N6O2/c1-10(2)22(16(23)14-8-11(3)24-19-14)9-12-4-6-13(7-5-12)15-17-20-21-18-15/h4-8,10H,9H2,1-3H3,(H,17,18,20,21). The molecule has 24 heavy (non-hydrogen) atoms. The Bertz CT molecular complexity index is 807. The van der Waals surface area contributed by atoms with Crippen molar-refractivity contribution in [2.75, 3.05) is 0 Å². The molecule has 8 heteroatoms. The lowest BCUT2D eigenvalue weighted by atomic mass is 10.1. The fraction of sp³-hybridized carbons (Fsp3) is 0.312. The van der Waals surface area contributed by atoms with Crippen LogP contribution in [0.3, 0.4) is 0 Å². The van der Waals surface area contributed by atoms with E-state index in [1.54, 1.807) is 17.9 Å². The van der Waals surface area contributed by atoms with Crippen molar-refractivity contribution in [1.29, 1.82) is 0 Å². The van der Waals surface area contributed by atoms with E-state index in [0.29, 0.717) is 23.8 Å². The average molecular weight is 326 g/mol. The van der Waals surface area contributed by atoms with E-state index >= 15 is 0 Å². The molecule has 0 saturated carbocycles. The summed E-state index contributed by atoms with van der Waals surface area (Å²) in [5.74, 6) is 1.01. The molecular formula is C16H18N6O2. The van der Waals surface area contributed by atoms with Gasteiger partial charge in [-0.1, -0.05) is 29.4 Å². The summed E-state index contributed by atoms with van der Waals surface area (Å²) in [6, 6.07) is 9.39. The van der Waals surface area contributed by atoms with Crippen molar-refractivity contribution in [2.24, 2.45) is 0 Å². The lowest BCUT2D eigenvalue weighted by molar-refractivity contribution is 0.0679. The highest BCUT2D eigenvalue weighted by Gasteiger charge is 2.22. The number of amides is 1. The van der Waals surface area contributed by atoms with Crippen LogP contribution in [0.4, 0.5) is 0 Å². The third-order valence-electron chi connectivity index (χ3n) is 3.64. The number of tetrazole rings is 1. The minimum absolute atomic E-state index is 0.0337. The summed E-state index contributed by atoms with van der Waals surface area (Å²) in [5, 5.41) is 17.7. The SMILES string of the molecule is Cc1cc(C(=O)N(Cc2ccc(-c3nn[nH]n3)cc2)C(C)C)no1. The van der Waals surface area contributed by atoms with Crippen molar-refractivity contribution in [2.45, 2.75) is 33.4 Å². The molecule has 124 valence electrons. The van der Waals surface area contributed by atoms with Crippen LogP contribution in [0.25, 0.3) is 11.4 Å². The van der Waals surface area contributed by atoms with E-state index in [1.807, 2.05) is 38.1 Å². The first-order valence-electron chi connectivity index (χ1n) is 7.61. The third kappa shape index (κ3) is 3.32. The molecule has 2 aromatic heterocycles. The maximum Gasteiger partial charge on any atom is 0.276 e. The number of carbonyl (C=O) groups excluding carboxylic acids is 1. The highest BCUT2D eigenvalue weighted by Crippen LogP contribution is 2.17. The lowest BCUT2D eigenvalue weighted by Crippen LogP contribution is -2.36. The number of aromatic amines is 1. The highest BCUT2D eigenvalue weighted by atomic mass is 16.5. The molecule has 0 atom stereocenters. The molecule has 1 aromatic carbocycles. The Balaban J connectivity index is 1.77. The smallest absolute Gasteiger partial charge is 0.276 e. The number of rotatable bonds is 5. The maximum absolute atomic E-state index is 12.6. The van der Waals surface area contributed by atoms with Gasteiger partial charge in [-0.3, -0.25) is 4.79 Å². The Morgan fingerprint density at radius 2 is 2.04 bits per heavy atom. The van der Waals surface area contributed by atoms with E-state index in [-0.39, 0.29) is 11.9 Å². The lowest BCUT2D eigenvalue weighted by Gasteiger charge is -2.26. The van der Waals surface area contributed by atoms with E-state index < -0.39 is 0 Å². The Hall–Kier alpha value is -3.03. The first-order chi connectivity index (χ1) is 11.5. The molecule has 0 spiro atoms. The van der Waals surface area contributed by atoms with E-state index in [2.05, 4.69) is 25.8 Å². The molecule has 0 saturated heterocycles. The van der Waals surface area contributed by atoms with Gasteiger partial charge in [-0.15, -0.1) is 10.2 Å². The average Bonchev–Trinajstić information content (AvgIpc) is 3.24. The van der Waals surface area contributed by atoms with Crippen LogP contribution in [-0.4, -0.2) is 42.6 Å². The maximum atomic E-state index is 12.6. The van der Waals surface area contributed by atoms with Gasteiger partial charge in [-0.05, 0) is 31.5 Å². The molecule has 3 rings (SSSR count). The van der Waals surface area contributed by atoms with Gasteiger partial charge in [0.25, 0.3) is 5.91 Å². The van der Waals surface area contributed by atoms with Crippen LogP contribution in [-0.2, 0) is 6.54 Å². The summed E-state index contributed by atoms with van der Waals surface area (Å²) in [5.41, 5.74) is 2.19. The Morgan fingerprint density at radius 3 is 2.58 bits per heavy atom. The van der Waals surface area contributed by atoms with Gasteiger partial charge < -0.3 is 9.42 Å². The first kappa shape index (κ1) is 15.9. The molecule has 0 fully saturated rings. The Morgan fingerprint density at radius 1 is 1.29 bits per heavy atom. The van der Waals surface area contributed by atoms with Crippen molar-refractivity contribution in [1.82, 2.24) is 30.7 Å². The zero-order valence-corrected chi connectivity index (χ0v) is 13.7. The first-order valence-corrected chi connectivity index (χ1v) is 7.61. The minimum atomic E-state index is -0.149. The number of benzene rings is 1. The topological polar surface area (TPSA) is 101 Å². The Kier molecular flexibility index (Phi) is 4.37. The van der Waals surface area contributed by atoms with Crippen molar-refractivity contribution in [3.63, 3.8) is 0 Å². The number of hydrogen-bond acceptors (Lipinski definition) is 6. The Labute approximate surface area is 138 Å². The minimum Gasteiger partial charge on any atom is -0.361 e. The van der Waals surface area contributed by atoms with Crippen molar-refractivity contribution < 1.29 is 9.32 Å². The second-order valence-corrected chi connectivity index (χ2v) is 5.78. The molecule has 1 N–H and O–H groups in total. The fourth-order valence-corrected chi connectivity index (χ4v) is 2.34. The monoisotopic (exact) mass is 326 g/mol. The highest BCUT2D eigenvalue weighted by molar-refractivity contribution is 5.92. The van der Waals surface area contributed by atoms with Crippen LogP contribution in [0.5, 0.6) is 0 Å². The summed E-state index contributed by atoms with van der Waals surface area (Å²) in [7, 11) is 0. The van der Waals surface area contributed by atoms with Gasteiger partial charge in [-0.2, -0.15) is 5.21 Å². The quantitative estimate of drug-likeness (QED) is 0.771. The molecule has 0 radical (unpaired) electrons. The molecule has 0 aliphatic rings. The summed E-state index contributed by atoms with van der Waals surface area (Å²) < 4.78 is 5.00. The van der Waals surface area contributed by atoms with Crippen molar-refractivity contribution in [3.05, 3.63) is 47.3 Å². The molecule has 2 heterocycles. The predicted molar refractivity (Wildman–Crippen MR) is 85.9 cm³/mol. The van der Waals surface area contributed by atoms with Gasteiger partial charge in [0.2, 0.25) is 5.82 Å². The van der Waals surface area contributed by atoms with Crippen LogP contribution < -0.4 is 0 Å². The molecule has 0 aliphatic carbocycles. The van der Waals surface area contributed by atoms with Crippen molar-refractivity contribution in [3.8, 4) is 11.4 Å². The van der Waals surface area contributed by atoms with Gasteiger partial charge >= 0.3 is 0 Å². The van der Waals surface area contributed by atoms with Gasteiger partial charge in [0.1, 0.15) is 5.76 Å². The van der Waals surface area contributed by atoms with Crippen LogP contribution in [0.2, 0.25) is 0 Å². The summed E-state index contributed by atoms with van der Waals surface area (Å²) in [4.78, 5) is 14.4. The zero-order valence-electron chi connectivity index (χ0n) is 13.7. The second-order valence-electron chi connectivity index (χ2n) is 5.78. The number of nitrogens with zero attached hydrogens (tertiary/aromatic N) is 5. The third-order valence-corrected chi connectivity index (χ3v) is 3.64. The number of aromatic nitrogens is 5. The summed E-state index contributed by atoms with van der Waals surface area (Å²) in [6.45, 7) is 6.19. The second kappa shape index (κ2) is 6.61. The van der Waals surface area contributed by atoms with Gasteiger partial charge in [-0.25, -0.2) is 0 Å². The van der Waals surface area contributed by atoms with E-state index in [1.165, 1.54) is 0 Å². The predicted octanol–water partition coefficient (Wildman–Crippen LogP) is 2.21. The number of aryl methyl sites for hydroxylation is 1. The van der Waals surface area contributed by atoms with Crippen LogP contribution in [0.1, 0.15) is 35.7 Å². The number of H-pyrrole nitrogens is 1.